The highest BCUT2D eigenvalue weighted by molar-refractivity contribution is 6.74. The molecule has 1 heterocycles. The molecule has 0 unspecified atom stereocenters. The van der Waals surface area contributed by atoms with Crippen molar-refractivity contribution >= 4 is 40.8 Å². The van der Waals surface area contributed by atoms with Crippen molar-refractivity contribution < 1.29 is 52.1 Å². The molecule has 15 heteroatoms. The van der Waals surface area contributed by atoms with E-state index in [4.69, 9.17) is 27.8 Å². The lowest BCUT2D eigenvalue weighted by Gasteiger charge is -2.42. The zero-order valence-electron chi connectivity index (χ0n) is 44.9. The summed E-state index contributed by atoms with van der Waals surface area (Å²) >= 11 is 0. The van der Waals surface area contributed by atoms with Gasteiger partial charge in [-0.2, -0.15) is 0 Å². The molecule has 0 aromatic heterocycles. The molecule has 390 valence electrons. The van der Waals surface area contributed by atoms with Crippen molar-refractivity contribution in [1.29, 1.82) is 0 Å². The van der Waals surface area contributed by atoms with Gasteiger partial charge in [0.05, 0.1) is 37.1 Å². The van der Waals surface area contributed by atoms with Gasteiger partial charge in [0.25, 0.3) is 0 Å². The van der Waals surface area contributed by atoms with E-state index in [9.17, 15) is 24.3 Å². The number of carbonyl (C=O) groups is 4. The second-order valence-electron chi connectivity index (χ2n) is 22.2. The third-order valence-electron chi connectivity index (χ3n) is 12.0. The monoisotopic (exact) mass is 983 g/mol. The molecule has 0 aliphatic carbocycles. The van der Waals surface area contributed by atoms with Gasteiger partial charge >= 0.3 is 24.1 Å². The molecule has 0 bridgehead atoms. The maximum absolute atomic E-state index is 12.9. The van der Waals surface area contributed by atoms with Crippen LogP contribution < -0.4 is 10.6 Å². The highest BCUT2D eigenvalue weighted by Gasteiger charge is 2.44. The predicted octanol–water partition coefficient (Wildman–Crippen LogP) is 12.9. The van der Waals surface area contributed by atoms with Crippen LogP contribution in [0.3, 0.4) is 0 Å². The number of terminal acetylenes is 1. The van der Waals surface area contributed by atoms with Crippen LogP contribution in [-0.2, 0) is 44.0 Å². The number of alkyl carbamates (subject to hydrolysis) is 2. The molecule has 1 aromatic rings. The van der Waals surface area contributed by atoms with E-state index in [0.717, 1.165) is 31.6 Å². The summed E-state index contributed by atoms with van der Waals surface area (Å²) in [7, 11) is -4.45. The smallest absolute Gasteiger partial charge is 0.407 e. The minimum Gasteiger partial charge on any atom is -0.481 e. The Morgan fingerprint density at radius 2 is 1.03 bits per heavy atom. The zero-order chi connectivity index (χ0) is 51.9. The van der Waals surface area contributed by atoms with Crippen molar-refractivity contribution in [3.63, 3.8) is 0 Å². The van der Waals surface area contributed by atoms with Gasteiger partial charge in [-0.3, -0.25) is 9.59 Å². The van der Waals surface area contributed by atoms with E-state index < -0.39 is 64.2 Å². The number of carboxylic acid groups (broad SMARTS) is 1. The lowest BCUT2D eigenvalue weighted by atomic mass is 9.93. The van der Waals surface area contributed by atoms with Crippen LogP contribution in [0.25, 0.3) is 0 Å². The molecule has 1 aromatic carbocycles. The maximum Gasteiger partial charge on any atom is 0.407 e. The number of carbonyl (C=O) groups excluding carboxylic acids is 3. The number of nitrogens with one attached hydrogen (secondary N) is 2. The van der Waals surface area contributed by atoms with Crippen molar-refractivity contribution in [1.82, 2.24) is 10.6 Å². The first-order chi connectivity index (χ1) is 30.1. The van der Waals surface area contributed by atoms with Crippen LogP contribution in [0.2, 0.25) is 36.3 Å². The van der Waals surface area contributed by atoms with Gasteiger partial charge in [-0.05, 0) is 108 Å². The first kappa shape index (κ1) is 67.8. The molecule has 13 nitrogen and oxygen atoms in total. The Morgan fingerprint density at radius 1 is 0.672 bits per heavy atom. The van der Waals surface area contributed by atoms with Crippen molar-refractivity contribution in [3.8, 4) is 12.8 Å². The van der Waals surface area contributed by atoms with E-state index in [2.05, 4.69) is 105 Å². The van der Waals surface area contributed by atoms with Gasteiger partial charge in [0.15, 0.2) is 16.6 Å². The molecule has 3 N–H and O–H groups in total. The minimum atomic E-state index is -2.24. The predicted molar refractivity (Wildman–Crippen MR) is 279 cm³/mol. The molecular weight excluding hydrogens is 885 g/mol. The number of hydrogen-bond acceptors (Lipinski definition) is 10. The lowest BCUT2D eigenvalue weighted by Crippen LogP contribution is -2.55. The lowest BCUT2D eigenvalue weighted by molar-refractivity contribution is -0.147. The summed E-state index contributed by atoms with van der Waals surface area (Å²) in [6.45, 7) is 42.5. The Morgan fingerprint density at radius 3 is 1.31 bits per heavy atom. The first-order valence-electron chi connectivity index (χ1n) is 23.7. The Bertz CT molecular complexity index is 1560. The van der Waals surface area contributed by atoms with Gasteiger partial charge in [0.2, 0.25) is 0 Å². The van der Waals surface area contributed by atoms with E-state index in [1.165, 1.54) is 12.8 Å². The van der Waals surface area contributed by atoms with Crippen molar-refractivity contribution in [3.05, 3.63) is 35.9 Å². The average Bonchev–Trinajstić information content (AvgIpc) is 3.77. The van der Waals surface area contributed by atoms with Crippen LogP contribution in [0.4, 0.5) is 9.59 Å². The number of amides is 2. The standard InChI is InChI=1S/C26H45NO5Si.C19H39NO5Si.C4H8O.C2H2.CH4/c1-11-19(2)23(27-24(29)31-25(3,4)5)21(32-33(9,10)26(6,7)8)17-22(28)30-18-20-15-13-12-14-16-20;1-11-13(2)16(20-17(23)24-18(3,4)5)14(12-15(21)22)25-26(9,10)19(6,7)8;1-2-4-5-3-1;1-2;/h12-16,19,21,23H,11,17-18H2,1-10H3,(H,27,29);13-14,16H,11-12H2,1-10H3,(H,20,23)(H,21,22);1-4H2;1-2H;1H4/t19-,21+,23+;13-,14+,16+;;;/m00.../s1. The summed E-state index contributed by atoms with van der Waals surface area (Å²) in [6.07, 6.45) is 9.90. The maximum atomic E-state index is 12.9. The summed E-state index contributed by atoms with van der Waals surface area (Å²) < 4.78 is 34.5. The Balaban J connectivity index is -0.00000107. The quantitative estimate of drug-likeness (QED) is 0.0554. The summed E-state index contributed by atoms with van der Waals surface area (Å²) in [5.74, 6) is -1.15. The van der Waals surface area contributed by atoms with Crippen molar-refractivity contribution in [2.45, 2.75) is 235 Å². The molecule has 67 heavy (non-hydrogen) atoms. The molecule has 0 saturated carbocycles. The van der Waals surface area contributed by atoms with Crippen LogP contribution in [-0.4, -0.2) is 94.6 Å². The molecular formula is C52H98N2O11Si2. The number of aliphatic carboxylic acids is 1. The van der Waals surface area contributed by atoms with E-state index in [1.807, 2.05) is 65.0 Å². The number of carboxylic acids is 1. The summed E-state index contributed by atoms with van der Waals surface area (Å²) in [5, 5.41) is 15.2. The SMILES string of the molecule is C.C#C.C1CCOC1.CC[C@H](C)[C@@H](NC(=O)OC(C)(C)C)[C@@H](CC(=O)O)O[Si](C)(C)C(C)(C)C.CC[C@H](C)[C@@H](NC(=O)OC(C)(C)C)[C@@H](CC(=O)OCc1ccccc1)O[Si](C)(C)C(C)(C)C. The van der Waals surface area contributed by atoms with E-state index >= 15 is 0 Å². The number of hydrogen-bond donors (Lipinski definition) is 3. The fourth-order valence-corrected chi connectivity index (χ4v) is 8.52. The highest BCUT2D eigenvalue weighted by atomic mass is 28.4. The number of benzene rings is 1. The topological polar surface area (TPSA) is 168 Å². The molecule has 1 saturated heterocycles. The Kier molecular flexibility index (Phi) is 31.3. The summed E-state index contributed by atoms with van der Waals surface area (Å²) in [4.78, 5) is 49.3. The second kappa shape index (κ2) is 30.9. The molecule has 1 fully saturated rings. The number of ether oxygens (including phenoxy) is 4. The largest absolute Gasteiger partial charge is 0.481 e. The Labute approximate surface area is 410 Å². The molecule has 0 radical (unpaired) electrons. The van der Waals surface area contributed by atoms with Crippen LogP contribution >= 0.6 is 0 Å². The van der Waals surface area contributed by atoms with Crippen LogP contribution in [0.15, 0.2) is 30.3 Å². The molecule has 1 aliphatic heterocycles. The highest BCUT2D eigenvalue weighted by Crippen LogP contribution is 2.40. The average molecular weight is 984 g/mol. The molecule has 1 aliphatic rings. The molecule has 2 amide bonds. The van der Waals surface area contributed by atoms with Crippen LogP contribution in [0.1, 0.15) is 162 Å². The van der Waals surface area contributed by atoms with Gasteiger partial charge in [-0.25, -0.2) is 9.59 Å². The van der Waals surface area contributed by atoms with Crippen molar-refractivity contribution in [2.75, 3.05) is 13.2 Å². The number of rotatable bonds is 18. The van der Waals surface area contributed by atoms with Gasteiger partial charge in [-0.1, -0.05) is 120 Å². The minimum absolute atomic E-state index is 0. The summed E-state index contributed by atoms with van der Waals surface area (Å²) in [6, 6.07) is 8.77. The fourth-order valence-electron chi connectivity index (χ4n) is 5.84. The number of esters is 1. The summed E-state index contributed by atoms with van der Waals surface area (Å²) in [5.41, 5.74) is -0.306. The zero-order valence-corrected chi connectivity index (χ0v) is 46.9. The fraction of sp³-hybridized carbons (Fsp3) is 0.769. The van der Waals surface area contributed by atoms with Gasteiger partial charge < -0.3 is 43.5 Å². The van der Waals surface area contributed by atoms with Gasteiger partial charge in [0.1, 0.15) is 17.8 Å². The first-order valence-corrected chi connectivity index (χ1v) is 29.5. The Hall–Kier alpha value is -3.43. The second-order valence-corrected chi connectivity index (χ2v) is 31.7. The van der Waals surface area contributed by atoms with Gasteiger partial charge in [0, 0.05) is 13.2 Å². The molecule has 6 atom stereocenters. The van der Waals surface area contributed by atoms with Crippen LogP contribution in [0.5, 0.6) is 0 Å². The third kappa shape index (κ3) is 29.3. The van der Waals surface area contributed by atoms with Crippen LogP contribution in [0, 0.1) is 24.7 Å². The van der Waals surface area contributed by atoms with Crippen molar-refractivity contribution in [2.24, 2.45) is 11.8 Å². The normalized spacial score (nSPS) is 15.8. The van der Waals surface area contributed by atoms with E-state index in [1.54, 1.807) is 20.8 Å². The molecule has 0 spiro atoms. The van der Waals surface area contributed by atoms with E-state index in [0.29, 0.717) is 0 Å². The van der Waals surface area contributed by atoms with Gasteiger partial charge in [-0.15, -0.1) is 12.8 Å². The van der Waals surface area contributed by atoms with E-state index in [-0.39, 0.29) is 60.8 Å². The third-order valence-corrected chi connectivity index (χ3v) is 21.0. The molecule has 2 rings (SSSR count).